The summed E-state index contributed by atoms with van der Waals surface area (Å²) in [6, 6.07) is 62.9. The van der Waals surface area contributed by atoms with Gasteiger partial charge in [-0.15, -0.1) is 0 Å². The van der Waals surface area contributed by atoms with Crippen LogP contribution in [0.3, 0.4) is 0 Å². The van der Waals surface area contributed by atoms with Crippen LogP contribution in [0.15, 0.2) is 238 Å². The molecule has 9 aliphatic heterocycles. The van der Waals surface area contributed by atoms with E-state index in [1.54, 1.807) is 5.56 Å². The van der Waals surface area contributed by atoms with Gasteiger partial charge >= 0.3 is 0 Å². The smallest absolute Gasteiger partial charge is 0.0735 e. The zero-order chi connectivity index (χ0) is 99.5. The number of nitrogens with zero attached hydrogens (tertiary/aromatic N) is 12. The van der Waals surface area contributed by atoms with Crippen molar-refractivity contribution >= 4 is 34.1 Å². The molecule has 9 atom stereocenters. The van der Waals surface area contributed by atoms with Crippen molar-refractivity contribution < 1.29 is 0 Å². The Bertz CT molecular complexity index is 6450. The molecule has 12 heteroatoms. The minimum atomic E-state index is -0.0708. The van der Waals surface area contributed by atoms with Crippen LogP contribution in [0.25, 0.3) is 0 Å². The van der Waals surface area contributed by atoms with Crippen LogP contribution in [0.1, 0.15) is 388 Å². The van der Waals surface area contributed by atoms with Gasteiger partial charge in [-0.2, -0.15) is 0 Å². The van der Waals surface area contributed by atoms with Crippen molar-refractivity contribution in [1.29, 1.82) is 0 Å². The Balaban J connectivity index is 0.000000100. The number of benzene rings is 6. The lowest BCUT2D eigenvalue weighted by atomic mass is 9.47. The molecule has 0 radical (unpaired) electrons. The Labute approximate surface area is 845 Å². The molecule has 12 aromatic rings. The number of para-hydroxylation sites is 6. The molecule has 27 rings (SSSR count). The standard InChI is InChI=1S/C24H28N2.3C22H28N2.C20H24N2.C19H22N2/c1-15-5-3-4-6-23(15)26-16(2)21-7-8-25-14-22(21)24(26)19-10-17-9-18(12-19)13-20(24)11-17;1-14-9-8-10-18-19(14)24-15(2)16-13-23-12-11-17(16)22(24,7)21(5,6)20(18,3)4;2*1-14-9-8-10-17-19(14)24-15(2)16-11-12-23-13-18(16)22(24,7)21(5,6)20(17,3)4;1-15-8-4-5-9-19(15)22-16(2)17-14-21-13-10-18(17)20(22)11-6-3-7-12-20;1-14-7-3-4-8-18(14)21-15(2)16-13-20-12-9-17(16)19(21)10-5-6-11-19/h3-8,14,16-20H,9-13H2,1-2H3;3*8-13,15H,1-7H3;4-5,8-10,13-14,16H,3,6-7,11-12H2,1-2H3;3-4,7-9,12-13,15H,5-6,10-11H2,1-2H3. The minimum absolute atomic E-state index is 0.0483. The maximum absolute atomic E-state index is 4.62. The van der Waals surface area contributed by atoms with Gasteiger partial charge in [-0.1, -0.05) is 224 Å². The Kier molecular flexibility index (Phi) is 23.3. The van der Waals surface area contributed by atoms with Crippen LogP contribution in [0.5, 0.6) is 0 Å². The van der Waals surface area contributed by atoms with E-state index < -0.39 is 0 Å². The molecule has 6 aromatic carbocycles. The van der Waals surface area contributed by atoms with Crippen molar-refractivity contribution in [2.45, 2.75) is 363 Å². The van der Waals surface area contributed by atoms with Gasteiger partial charge in [0, 0.05) is 141 Å². The van der Waals surface area contributed by atoms with Crippen molar-refractivity contribution in [3.63, 3.8) is 0 Å². The Morgan fingerprint density at radius 1 is 0.234 bits per heavy atom. The van der Waals surface area contributed by atoms with E-state index >= 15 is 0 Å². The fraction of sp³-hybridized carbons (Fsp3) is 0.488. The number of pyridine rings is 6. The van der Waals surface area contributed by atoms with Crippen LogP contribution in [-0.2, 0) is 49.5 Å². The molecule has 9 unspecified atom stereocenters. The highest BCUT2D eigenvalue weighted by atomic mass is 15.3. The number of aromatic nitrogens is 6. The van der Waals surface area contributed by atoms with Crippen LogP contribution >= 0.6 is 0 Å². The number of anilines is 6. The highest BCUT2D eigenvalue weighted by Crippen LogP contribution is 2.74. The number of hydrogen-bond donors (Lipinski definition) is 0. The fourth-order valence-corrected chi connectivity index (χ4v) is 32.9. The fourth-order valence-electron chi connectivity index (χ4n) is 32.9. The van der Waals surface area contributed by atoms with E-state index in [0.29, 0.717) is 36.3 Å². The lowest BCUT2D eigenvalue weighted by Gasteiger charge is -2.64. The third kappa shape index (κ3) is 13.2. The number of hydrogen-bond acceptors (Lipinski definition) is 12. The zero-order valence-corrected chi connectivity index (χ0v) is 90.1. The van der Waals surface area contributed by atoms with Gasteiger partial charge in [0.15, 0.2) is 0 Å². The van der Waals surface area contributed by atoms with E-state index in [1.807, 2.05) is 37.2 Å². The minimum Gasteiger partial charge on any atom is -0.355 e. The van der Waals surface area contributed by atoms with Crippen LogP contribution < -0.4 is 29.4 Å². The third-order valence-electron chi connectivity index (χ3n) is 42.3. The van der Waals surface area contributed by atoms with Crippen LogP contribution in [0, 0.1) is 81.5 Å². The highest BCUT2D eigenvalue weighted by molar-refractivity contribution is 5.77. The molecule has 15 heterocycles. The van der Waals surface area contributed by atoms with E-state index in [4.69, 9.17) is 0 Å². The van der Waals surface area contributed by atoms with Crippen molar-refractivity contribution in [2.75, 3.05) is 29.4 Å². The first kappa shape index (κ1) is 96.2. The molecule has 6 saturated carbocycles. The molecule has 0 amide bonds. The number of rotatable bonds is 3. The maximum Gasteiger partial charge on any atom is 0.0735 e. The van der Waals surface area contributed by atoms with Gasteiger partial charge in [0.05, 0.1) is 69.5 Å². The summed E-state index contributed by atoms with van der Waals surface area (Å²) in [4.78, 5) is 43.1. The molecule has 3 spiro atoms. The quantitative estimate of drug-likeness (QED) is 0.168. The summed E-state index contributed by atoms with van der Waals surface area (Å²) in [5, 5.41) is 0. The molecule has 734 valence electrons. The van der Waals surface area contributed by atoms with E-state index in [0.717, 1.165) is 23.7 Å². The third-order valence-corrected chi connectivity index (χ3v) is 42.3. The second kappa shape index (κ2) is 34.1. The summed E-state index contributed by atoms with van der Waals surface area (Å²) < 4.78 is 0. The van der Waals surface area contributed by atoms with Gasteiger partial charge in [0.1, 0.15) is 0 Å². The number of aryl methyl sites for hydroxylation is 6. The lowest BCUT2D eigenvalue weighted by molar-refractivity contribution is -0.0603. The van der Waals surface area contributed by atoms with Gasteiger partial charge in [-0.3, -0.25) is 29.9 Å². The van der Waals surface area contributed by atoms with Gasteiger partial charge < -0.3 is 29.4 Å². The number of fused-ring (bicyclic) bond motifs is 20. The van der Waals surface area contributed by atoms with Crippen molar-refractivity contribution in [3.8, 4) is 0 Å². The topological polar surface area (TPSA) is 96.8 Å². The molecule has 6 aliphatic carbocycles. The van der Waals surface area contributed by atoms with Crippen LogP contribution in [-0.4, -0.2) is 29.9 Å². The predicted molar refractivity (Wildman–Crippen MR) is 584 cm³/mol. The summed E-state index contributed by atoms with van der Waals surface area (Å²) in [6.45, 7) is 64.0. The monoisotopic (exact) mass is 1880 g/mol. The van der Waals surface area contributed by atoms with E-state index in [2.05, 4.69) is 447 Å². The van der Waals surface area contributed by atoms with Crippen molar-refractivity contribution in [2.24, 2.45) is 39.9 Å². The summed E-state index contributed by atoms with van der Waals surface area (Å²) in [7, 11) is 0. The van der Waals surface area contributed by atoms with Gasteiger partial charge in [0.2, 0.25) is 0 Å². The normalized spacial score (nSPS) is 29.0. The first-order chi connectivity index (χ1) is 67.1. The zero-order valence-electron chi connectivity index (χ0n) is 90.1. The first-order valence-electron chi connectivity index (χ1n) is 54.0. The summed E-state index contributed by atoms with van der Waals surface area (Å²) >= 11 is 0. The van der Waals surface area contributed by atoms with E-state index in [1.165, 1.54) is 235 Å². The Hall–Kier alpha value is -11.0. The molecule has 0 saturated heterocycles. The van der Waals surface area contributed by atoms with Crippen molar-refractivity contribution in [3.05, 3.63) is 355 Å². The first-order valence-corrected chi connectivity index (χ1v) is 54.0. The lowest BCUT2D eigenvalue weighted by Crippen LogP contribution is -2.62. The molecule has 6 aromatic heterocycles. The van der Waals surface area contributed by atoms with Crippen LogP contribution in [0.2, 0.25) is 0 Å². The molecule has 6 fully saturated rings. The highest BCUT2D eigenvalue weighted by Gasteiger charge is 2.70. The Morgan fingerprint density at radius 2 is 0.504 bits per heavy atom. The molecule has 0 N–H and O–H groups in total. The average Bonchev–Trinajstić information content (AvgIpc) is 1.52. The van der Waals surface area contributed by atoms with Gasteiger partial charge in [0.25, 0.3) is 0 Å². The molecule has 141 heavy (non-hydrogen) atoms. The van der Waals surface area contributed by atoms with Crippen LogP contribution in [0.4, 0.5) is 34.1 Å². The molecule has 4 bridgehead atoms. The summed E-state index contributed by atoms with van der Waals surface area (Å²) in [5.41, 5.74) is 39.4. The SMILES string of the molecule is Cc1cccc2c1N1C(C)c3ccncc3C1(C)C(C)(C)C2(C)C.Cc1cccc2c1N1C(C)c3ccncc3C1(C)C(C)(C)C2(C)C.Cc1cccc2c1N1C(C)c3cnccc3C1(C)C(C)(C)C2(C)C.Cc1ccccc1N1C(C)c2ccncc2C12C1CC3CC(C1)CC2C3.Cc1ccccc1N1C(C)c2cnccc2C12CCCC2.Cc1ccccc1N1C(C)c2cnccc2C12CCCCC2. The second-order valence-corrected chi connectivity index (χ2v) is 49.3. The predicted octanol–water partition coefficient (Wildman–Crippen LogP) is 32.0. The van der Waals surface area contributed by atoms with Gasteiger partial charge in [-0.25, -0.2) is 0 Å². The van der Waals surface area contributed by atoms with Crippen molar-refractivity contribution in [1.82, 2.24) is 29.9 Å². The van der Waals surface area contributed by atoms with E-state index in [-0.39, 0.29) is 65.7 Å². The van der Waals surface area contributed by atoms with E-state index in [9.17, 15) is 0 Å². The largest absolute Gasteiger partial charge is 0.355 e. The van der Waals surface area contributed by atoms with Gasteiger partial charge in [-0.05, 0) is 356 Å². The average molecular weight is 1880 g/mol. The molecular weight excluding hydrogens is 1720 g/mol. The second-order valence-electron chi connectivity index (χ2n) is 49.3. The molecule has 12 nitrogen and oxygen atoms in total. The Morgan fingerprint density at radius 3 is 0.865 bits per heavy atom. The molecular formula is C129H158N12. The summed E-state index contributed by atoms with van der Waals surface area (Å²) in [6.07, 6.45) is 43.4. The summed E-state index contributed by atoms with van der Waals surface area (Å²) in [5.74, 6) is 3.56. The maximum atomic E-state index is 4.62. The molecule has 15 aliphatic rings.